The first-order valence-electron chi connectivity index (χ1n) is 6.15. The van der Waals surface area contributed by atoms with E-state index in [1.165, 1.54) is 13.2 Å². The lowest BCUT2D eigenvalue weighted by molar-refractivity contribution is -0.384. The number of ether oxygens (including phenoxy) is 2. The zero-order valence-electron chi connectivity index (χ0n) is 12.5. The van der Waals surface area contributed by atoms with Crippen LogP contribution in [0.3, 0.4) is 0 Å². The minimum atomic E-state index is -1.70. The van der Waals surface area contributed by atoms with Crippen LogP contribution in [0.25, 0.3) is 0 Å². The van der Waals surface area contributed by atoms with E-state index in [4.69, 9.17) is 9.47 Å². The molecule has 1 N–H and O–H groups in total. The Hall–Kier alpha value is -2.84. The Morgan fingerprint density at radius 3 is 2.32 bits per heavy atom. The Labute approximate surface area is 126 Å². The van der Waals surface area contributed by atoms with Gasteiger partial charge in [-0.15, -0.1) is 0 Å². The summed E-state index contributed by atoms with van der Waals surface area (Å²) < 4.78 is 9.87. The summed E-state index contributed by atoms with van der Waals surface area (Å²) in [6.07, 6.45) is -2.94. The van der Waals surface area contributed by atoms with Crippen molar-refractivity contribution in [2.75, 3.05) is 12.0 Å². The number of carbonyl (C=O) groups is 2. The maximum atomic E-state index is 12.0. The lowest BCUT2D eigenvalue weighted by Crippen LogP contribution is -2.40. The molecule has 2 amide bonds. The molecule has 1 aromatic rings. The fraction of sp³-hybridized carbons (Fsp3) is 0.385. The van der Waals surface area contributed by atoms with Crippen molar-refractivity contribution in [2.24, 2.45) is 0 Å². The van der Waals surface area contributed by atoms with Crippen LogP contribution < -0.4 is 9.64 Å². The molecule has 0 heterocycles. The number of nitrogens with zero attached hydrogens (tertiary/aromatic N) is 2. The Morgan fingerprint density at radius 2 is 1.91 bits per heavy atom. The summed E-state index contributed by atoms with van der Waals surface area (Å²) >= 11 is 0. The van der Waals surface area contributed by atoms with Gasteiger partial charge in [-0.25, -0.2) is 9.59 Å². The average Bonchev–Trinajstić information content (AvgIpc) is 2.35. The average molecular weight is 312 g/mol. The third kappa shape index (κ3) is 4.08. The molecular weight excluding hydrogens is 296 g/mol. The van der Waals surface area contributed by atoms with Gasteiger partial charge in [0.25, 0.3) is 5.69 Å². The summed E-state index contributed by atoms with van der Waals surface area (Å²) in [6.45, 7) is 4.64. The smallest absolute Gasteiger partial charge is 0.424 e. The number of anilines is 1. The number of nitro benzene ring substituents is 1. The minimum Gasteiger partial charge on any atom is -0.497 e. The molecule has 0 saturated carbocycles. The first-order chi connectivity index (χ1) is 10.1. The summed E-state index contributed by atoms with van der Waals surface area (Å²) in [5.74, 6) is 0.162. The molecule has 9 nitrogen and oxygen atoms in total. The number of imide groups is 1. The molecule has 0 aliphatic carbocycles. The fourth-order valence-corrected chi connectivity index (χ4v) is 1.55. The zero-order chi connectivity index (χ0) is 17.1. The lowest BCUT2D eigenvalue weighted by atomic mass is 10.2. The number of hydrogen-bond acceptors (Lipinski definition) is 6. The van der Waals surface area contributed by atoms with E-state index in [-0.39, 0.29) is 10.6 Å². The Morgan fingerprint density at radius 1 is 1.32 bits per heavy atom. The van der Waals surface area contributed by atoms with Crippen LogP contribution in [0.1, 0.15) is 20.8 Å². The predicted octanol–water partition coefficient (Wildman–Crippen LogP) is 3.02. The highest BCUT2D eigenvalue weighted by Gasteiger charge is 2.33. The predicted molar refractivity (Wildman–Crippen MR) is 76.4 cm³/mol. The highest BCUT2D eigenvalue weighted by atomic mass is 16.6. The van der Waals surface area contributed by atoms with Gasteiger partial charge >= 0.3 is 12.2 Å². The van der Waals surface area contributed by atoms with Crippen molar-refractivity contribution in [1.29, 1.82) is 0 Å². The quantitative estimate of drug-likeness (QED) is 0.672. The molecule has 1 rings (SSSR count). The molecule has 1 aromatic carbocycles. The van der Waals surface area contributed by atoms with E-state index in [1.54, 1.807) is 20.8 Å². The van der Waals surface area contributed by atoms with Crippen LogP contribution in [0.5, 0.6) is 5.75 Å². The third-order valence-electron chi connectivity index (χ3n) is 2.39. The second kappa shape index (κ2) is 6.29. The van der Waals surface area contributed by atoms with Crippen LogP contribution in [0.2, 0.25) is 0 Å². The maximum Gasteiger partial charge on any atom is 0.424 e. The summed E-state index contributed by atoms with van der Waals surface area (Å²) in [6, 6.07) is 3.42. The van der Waals surface area contributed by atoms with Gasteiger partial charge in [0.1, 0.15) is 17.0 Å². The molecule has 0 atom stereocenters. The van der Waals surface area contributed by atoms with Crippen LogP contribution in [-0.4, -0.2) is 34.9 Å². The molecular formula is C13H16N2O7. The van der Waals surface area contributed by atoms with Crippen molar-refractivity contribution in [3.63, 3.8) is 0 Å². The number of benzene rings is 1. The van der Waals surface area contributed by atoms with Crippen LogP contribution in [0, 0.1) is 10.1 Å². The Bertz CT molecular complexity index is 607. The van der Waals surface area contributed by atoms with Gasteiger partial charge in [-0.1, -0.05) is 0 Å². The molecule has 0 aliphatic heterocycles. The van der Waals surface area contributed by atoms with Crippen molar-refractivity contribution >= 4 is 23.6 Å². The largest absolute Gasteiger partial charge is 0.497 e. The number of amides is 2. The number of methoxy groups -OCH3 is 1. The molecule has 0 unspecified atom stereocenters. The second-order valence-electron chi connectivity index (χ2n) is 5.21. The highest BCUT2D eigenvalue weighted by molar-refractivity contribution is 6.10. The maximum absolute atomic E-state index is 12.0. The van der Waals surface area contributed by atoms with Crippen molar-refractivity contribution < 1.29 is 29.1 Å². The Balaban J connectivity index is 3.40. The number of hydrogen-bond donors (Lipinski definition) is 1. The molecule has 9 heteroatoms. The molecule has 0 saturated heterocycles. The van der Waals surface area contributed by atoms with E-state index in [0.717, 1.165) is 12.1 Å². The van der Waals surface area contributed by atoms with Gasteiger partial charge in [0, 0.05) is 12.1 Å². The van der Waals surface area contributed by atoms with Gasteiger partial charge in [-0.3, -0.25) is 10.1 Å². The van der Waals surface area contributed by atoms with Crippen molar-refractivity contribution in [1.82, 2.24) is 0 Å². The summed E-state index contributed by atoms with van der Waals surface area (Å²) in [7, 11) is 1.31. The van der Waals surface area contributed by atoms with Crippen LogP contribution >= 0.6 is 0 Å². The van der Waals surface area contributed by atoms with E-state index in [1.807, 2.05) is 0 Å². The zero-order valence-corrected chi connectivity index (χ0v) is 12.5. The second-order valence-corrected chi connectivity index (χ2v) is 5.21. The van der Waals surface area contributed by atoms with E-state index < -0.39 is 34.1 Å². The van der Waals surface area contributed by atoms with Gasteiger partial charge in [-0.2, -0.15) is 4.90 Å². The van der Waals surface area contributed by atoms with E-state index in [0.29, 0.717) is 0 Å². The monoisotopic (exact) mass is 312 g/mol. The van der Waals surface area contributed by atoms with E-state index in [2.05, 4.69) is 0 Å². The van der Waals surface area contributed by atoms with Crippen molar-refractivity contribution in [3.8, 4) is 5.75 Å². The molecule has 0 radical (unpaired) electrons. The van der Waals surface area contributed by atoms with Gasteiger partial charge in [0.15, 0.2) is 0 Å². The topological polar surface area (TPSA) is 119 Å². The number of nitro groups is 1. The summed E-state index contributed by atoms with van der Waals surface area (Å²) in [5, 5.41) is 20.3. The Kier molecular flexibility index (Phi) is 4.92. The van der Waals surface area contributed by atoms with Crippen molar-refractivity contribution in [3.05, 3.63) is 28.3 Å². The molecule has 0 fully saturated rings. The SMILES string of the molecule is COc1ccc([N+](=O)[O-])c(N(C(=O)O)C(=O)OC(C)(C)C)c1. The molecule has 22 heavy (non-hydrogen) atoms. The van der Waals surface area contributed by atoms with E-state index >= 15 is 0 Å². The molecule has 0 aliphatic rings. The molecule has 0 spiro atoms. The molecule has 120 valence electrons. The first kappa shape index (κ1) is 17.2. The summed E-state index contributed by atoms with van der Waals surface area (Å²) in [4.78, 5) is 33.8. The molecule has 0 aromatic heterocycles. The third-order valence-corrected chi connectivity index (χ3v) is 2.39. The number of carbonyl (C=O) groups excluding carboxylic acids is 1. The van der Waals surface area contributed by atoms with Gasteiger partial charge in [-0.05, 0) is 26.8 Å². The van der Waals surface area contributed by atoms with Gasteiger partial charge in [0.05, 0.1) is 12.0 Å². The summed E-state index contributed by atoms with van der Waals surface area (Å²) in [5.41, 5.74) is -1.97. The van der Waals surface area contributed by atoms with Crippen molar-refractivity contribution in [2.45, 2.75) is 26.4 Å². The van der Waals surface area contributed by atoms with Crippen LogP contribution in [0.15, 0.2) is 18.2 Å². The first-order valence-corrected chi connectivity index (χ1v) is 6.15. The minimum absolute atomic E-state index is 0.162. The number of carboxylic acid groups (broad SMARTS) is 1. The highest BCUT2D eigenvalue weighted by Crippen LogP contribution is 2.33. The normalized spacial score (nSPS) is 10.7. The molecule has 0 bridgehead atoms. The van der Waals surface area contributed by atoms with E-state index in [9.17, 15) is 24.8 Å². The standard InChI is InChI=1S/C13H16N2O7/c1-13(2,3)22-12(18)14(11(16)17)10-7-8(21-4)5-6-9(10)15(19)20/h5-7H,1-4H3,(H,16,17). The fourth-order valence-electron chi connectivity index (χ4n) is 1.55. The van der Waals surface area contributed by atoms with Gasteiger partial charge in [0.2, 0.25) is 0 Å². The lowest BCUT2D eigenvalue weighted by Gasteiger charge is -2.24. The van der Waals surface area contributed by atoms with Crippen LogP contribution in [0.4, 0.5) is 21.0 Å². The number of rotatable bonds is 3. The van der Waals surface area contributed by atoms with Gasteiger partial charge < -0.3 is 14.6 Å². The van der Waals surface area contributed by atoms with Crippen LogP contribution in [-0.2, 0) is 4.74 Å².